The lowest BCUT2D eigenvalue weighted by molar-refractivity contribution is -0.00635. The van der Waals surface area contributed by atoms with Crippen LogP contribution in [0.25, 0.3) is 0 Å². The van der Waals surface area contributed by atoms with E-state index in [1.807, 2.05) is 26.8 Å². The van der Waals surface area contributed by atoms with Crippen molar-refractivity contribution in [3.8, 4) is 5.75 Å². The highest BCUT2D eigenvalue weighted by molar-refractivity contribution is 6.12. The van der Waals surface area contributed by atoms with Gasteiger partial charge in [-0.05, 0) is 32.9 Å². The smallest absolute Gasteiger partial charge is 0.410 e. The number of rotatable bonds is 0. The lowest BCUT2D eigenvalue weighted by Gasteiger charge is -2.44. The molecule has 0 atom stereocenters. The van der Waals surface area contributed by atoms with Crippen molar-refractivity contribution in [1.29, 1.82) is 0 Å². The second-order valence-corrected chi connectivity index (χ2v) is 7.43. The summed E-state index contributed by atoms with van der Waals surface area (Å²) in [7, 11) is 0. The van der Waals surface area contributed by atoms with Crippen molar-refractivity contribution in [2.45, 2.75) is 44.8 Å². The monoisotopic (exact) mass is 345 g/mol. The average molecular weight is 345 g/mol. The van der Waals surface area contributed by atoms with Crippen LogP contribution in [0.5, 0.6) is 5.75 Å². The number of carbonyl (C=O) groups excluding carboxylic acids is 2. The number of hydrogen-bond donors (Lipinski definition) is 1. The fourth-order valence-corrected chi connectivity index (χ4v) is 3.29. The van der Waals surface area contributed by atoms with Crippen LogP contribution in [0.15, 0.2) is 36.1 Å². The first kappa shape index (κ1) is 17.3. The SMILES string of the molecule is CC(C)(C)OC(=O)N1CCC2(CC1)Oc1ccccc1C(=O)/C2=C/O. The van der Waals surface area contributed by atoms with Crippen LogP contribution < -0.4 is 4.74 Å². The maximum atomic E-state index is 12.7. The van der Waals surface area contributed by atoms with Gasteiger partial charge in [-0.3, -0.25) is 4.79 Å². The van der Waals surface area contributed by atoms with Gasteiger partial charge in [0.2, 0.25) is 0 Å². The van der Waals surface area contributed by atoms with Gasteiger partial charge in [0.15, 0.2) is 5.78 Å². The number of para-hydroxylation sites is 1. The van der Waals surface area contributed by atoms with Gasteiger partial charge >= 0.3 is 6.09 Å². The number of carbonyl (C=O) groups is 2. The van der Waals surface area contributed by atoms with Crippen molar-refractivity contribution < 1.29 is 24.2 Å². The minimum Gasteiger partial charge on any atom is -0.515 e. The van der Waals surface area contributed by atoms with Crippen molar-refractivity contribution in [1.82, 2.24) is 4.90 Å². The molecule has 1 N–H and O–H groups in total. The van der Waals surface area contributed by atoms with E-state index in [-0.39, 0.29) is 17.4 Å². The van der Waals surface area contributed by atoms with Crippen molar-refractivity contribution in [2.24, 2.45) is 0 Å². The molecular weight excluding hydrogens is 322 g/mol. The molecule has 1 aromatic rings. The minimum atomic E-state index is -0.904. The van der Waals surface area contributed by atoms with E-state index in [0.717, 1.165) is 6.26 Å². The number of aliphatic hydroxyl groups is 1. The summed E-state index contributed by atoms with van der Waals surface area (Å²) in [5, 5.41) is 9.66. The quantitative estimate of drug-likeness (QED) is 0.575. The molecule has 0 radical (unpaired) electrons. The molecule has 0 bridgehead atoms. The fraction of sp³-hybridized carbons (Fsp3) is 0.474. The van der Waals surface area contributed by atoms with Gasteiger partial charge in [0.25, 0.3) is 0 Å². The highest BCUT2D eigenvalue weighted by Crippen LogP contribution is 2.42. The second-order valence-electron chi connectivity index (χ2n) is 7.43. The van der Waals surface area contributed by atoms with Crippen LogP contribution in [0.3, 0.4) is 0 Å². The van der Waals surface area contributed by atoms with Crippen LogP contribution in [0.4, 0.5) is 4.79 Å². The third-order valence-corrected chi connectivity index (χ3v) is 4.52. The van der Waals surface area contributed by atoms with Crippen LogP contribution in [0, 0.1) is 0 Å². The molecule has 0 saturated carbocycles. The Morgan fingerprint density at radius 3 is 2.52 bits per heavy atom. The number of hydrogen-bond acceptors (Lipinski definition) is 5. The average Bonchev–Trinajstić information content (AvgIpc) is 2.54. The first-order chi connectivity index (χ1) is 11.8. The fourth-order valence-electron chi connectivity index (χ4n) is 3.29. The summed E-state index contributed by atoms with van der Waals surface area (Å²) in [5.41, 5.74) is -0.768. The molecule has 0 unspecified atom stereocenters. The predicted octanol–water partition coefficient (Wildman–Crippen LogP) is 3.47. The summed E-state index contributed by atoms with van der Waals surface area (Å²) in [4.78, 5) is 26.6. The van der Waals surface area contributed by atoms with Crippen molar-refractivity contribution in [2.75, 3.05) is 13.1 Å². The molecule has 1 saturated heterocycles. The second kappa shape index (κ2) is 6.10. The molecule has 1 aromatic carbocycles. The Hall–Kier alpha value is -2.50. The highest BCUT2D eigenvalue weighted by atomic mass is 16.6. The summed E-state index contributed by atoms with van der Waals surface area (Å²) in [5.74, 6) is 0.291. The number of piperidine rings is 1. The van der Waals surface area contributed by atoms with E-state index in [4.69, 9.17) is 9.47 Å². The van der Waals surface area contributed by atoms with E-state index >= 15 is 0 Å². The van der Waals surface area contributed by atoms with Gasteiger partial charge in [-0.1, -0.05) is 12.1 Å². The van der Waals surface area contributed by atoms with Gasteiger partial charge in [0.05, 0.1) is 17.4 Å². The number of benzene rings is 1. The summed E-state index contributed by atoms with van der Waals surface area (Å²) in [6.07, 6.45) is 1.30. The molecule has 134 valence electrons. The Labute approximate surface area is 147 Å². The van der Waals surface area contributed by atoms with Crippen LogP contribution in [-0.4, -0.2) is 46.2 Å². The third kappa shape index (κ3) is 3.21. The van der Waals surface area contributed by atoms with Gasteiger partial charge in [-0.15, -0.1) is 0 Å². The number of fused-ring (bicyclic) bond motifs is 1. The van der Waals surface area contributed by atoms with E-state index in [1.54, 1.807) is 23.1 Å². The third-order valence-electron chi connectivity index (χ3n) is 4.52. The largest absolute Gasteiger partial charge is 0.515 e. The van der Waals surface area contributed by atoms with Crippen LogP contribution in [-0.2, 0) is 4.74 Å². The zero-order valence-corrected chi connectivity index (χ0v) is 14.7. The topological polar surface area (TPSA) is 76.1 Å². The first-order valence-electron chi connectivity index (χ1n) is 8.41. The Morgan fingerprint density at radius 2 is 1.92 bits per heavy atom. The minimum absolute atomic E-state index is 0.227. The van der Waals surface area contributed by atoms with Gasteiger partial charge < -0.3 is 19.5 Å². The standard InChI is InChI=1S/C19H23NO5/c1-18(2,3)25-17(23)20-10-8-19(9-11-20)14(12-21)16(22)13-6-4-5-7-15(13)24-19/h4-7,12,21H,8-11H2,1-3H3/b14-12-. The Balaban J connectivity index is 1.80. The summed E-state index contributed by atoms with van der Waals surface area (Å²) < 4.78 is 11.5. The van der Waals surface area contributed by atoms with Gasteiger partial charge in [-0.25, -0.2) is 4.79 Å². The van der Waals surface area contributed by atoms with E-state index in [9.17, 15) is 14.7 Å². The Morgan fingerprint density at radius 1 is 1.28 bits per heavy atom. The van der Waals surface area contributed by atoms with Crippen LogP contribution in [0.2, 0.25) is 0 Å². The van der Waals surface area contributed by atoms with Crippen LogP contribution >= 0.6 is 0 Å². The summed E-state index contributed by atoms with van der Waals surface area (Å²) in [6.45, 7) is 6.25. The Bertz CT molecular complexity index is 724. The number of likely N-dealkylation sites (tertiary alicyclic amines) is 1. The van der Waals surface area contributed by atoms with Crippen molar-refractivity contribution >= 4 is 11.9 Å². The number of ether oxygens (including phenoxy) is 2. The molecule has 3 rings (SSSR count). The molecule has 2 heterocycles. The molecular formula is C19H23NO5. The van der Waals surface area contributed by atoms with Gasteiger partial charge in [-0.2, -0.15) is 0 Å². The maximum Gasteiger partial charge on any atom is 0.410 e. The lowest BCUT2D eigenvalue weighted by Crippen LogP contribution is -2.54. The lowest BCUT2D eigenvalue weighted by atomic mass is 9.78. The van der Waals surface area contributed by atoms with E-state index in [0.29, 0.717) is 37.2 Å². The molecule has 1 spiro atoms. The van der Waals surface area contributed by atoms with E-state index in [2.05, 4.69) is 0 Å². The van der Waals surface area contributed by atoms with Crippen molar-refractivity contribution in [3.05, 3.63) is 41.7 Å². The van der Waals surface area contributed by atoms with Gasteiger partial charge in [0.1, 0.15) is 17.0 Å². The normalized spacial score (nSPS) is 21.0. The number of aliphatic hydroxyl groups excluding tert-OH is 1. The van der Waals surface area contributed by atoms with E-state index in [1.165, 1.54) is 0 Å². The van der Waals surface area contributed by atoms with E-state index < -0.39 is 11.2 Å². The Kier molecular flexibility index (Phi) is 4.22. The zero-order valence-electron chi connectivity index (χ0n) is 14.7. The highest BCUT2D eigenvalue weighted by Gasteiger charge is 2.48. The first-order valence-corrected chi connectivity index (χ1v) is 8.41. The maximum absolute atomic E-state index is 12.7. The number of amides is 1. The van der Waals surface area contributed by atoms with Crippen LogP contribution in [0.1, 0.15) is 44.0 Å². The molecule has 0 aliphatic carbocycles. The zero-order chi connectivity index (χ0) is 18.2. The molecule has 25 heavy (non-hydrogen) atoms. The molecule has 2 aliphatic rings. The number of Topliss-reactive ketones (excluding diaryl/α,β-unsaturated/α-hetero) is 1. The predicted molar refractivity (Wildman–Crippen MR) is 91.9 cm³/mol. The summed E-state index contributed by atoms with van der Waals surface area (Å²) >= 11 is 0. The van der Waals surface area contributed by atoms with Gasteiger partial charge in [0, 0.05) is 25.9 Å². The summed E-state index contributed by atoms with van der Waals surface area (Å²) in [6, 6.07) is 7.01. The number of ketones is 1. The molecule has 2 aliphatic heterocycles. The molecule has 6 heteroatoms. The van der Waals surface area contributed by atoms with Crippen molar-refractivity contribution in [3.63, 3.8) is 0 Å². The number of nitrogens with zero attached hydrogens (tertiary/aromatic N) is 1. The molecule has 1 fully saturated rings. The molecule has 0 aromatic heterocycles. The molecule has 1 amide bonds. The molecule has 6 nitrogen and oxygen atoms in total.